The molecule has 3 aromatic carbocycles. The molecule has 0 aromatic heterocycles. The van der Waals surface area contributed by atoms with E-state index in [1.54, 1.807) is 12.1 Å². The fourth-order valence-corrected chi connectivity index (χ4v) is 12.1. The van der Waals surface area contributed by atoms with Gasteiger partial charge in [0.15, 0.2) is 0 Å². The molecule has 74 heavy (non-hydrogen) atoms. The lowest BCUT2D eigenvalue weighted by Crippen LogP contribution is -2.30. The third-order valence-corrected chi connectivity index (χ3v) is 16.4. The Morgan fingerprint density at radius 3 is 0.608 bits per heavy atom. The van der Waals surface area contributed by atoms with Crippen LogP contribution < -0.4 is 18.9 Å². The van der Waals surface area contributed by atoms with Gasteiger partial charge in [-0.2, -0.15) is 0 Å². The van der Waals surface area contributed by atoms with Crippen LogP contribution in [0.4, 0.5) is 0 Å². The highest BCUT2D eigenvalue weighted by Gasteiger charge is 2.50. The molecule has 0 unspecified atom stereocenters. The number of ether oxygens (including phenoxy) is 4. The van der Waals surface area contributed by atoms with E-state index < -0.39 is 11.8 Å². The van der Waals surface area contributed by atoms with Gasteiger partial charge in [-0.25, -0.2) is 0 Å². The number of rotatable bonds is 48. The zero-order chi connectivity index (χ0) is 52.3. The molecule has 0 heterocycles. The minimum absolute atomic E-state index is 0.193. The average molecular weight is 1020 g/mol. The molecule has 0 saturated heterocycles. The van der Waals surface area contributed by atoms with Gasteiger partial charge in [0.05, 0.1) is 26.4 Å². The standard InChI is InChI=1S/C68H110O6/c1-5-9-13-17-21-25-29-33-37-41-51-71-57-47-48-58(72-52-42-38-34-30-26-22-18-14-10-6-2)64-63(57)67-61-55(69)45-46-56(70)62(61)68(64)66-60(74-54-44-40-36-32-28-24-20-16-12-8-4)50-49-59(65(66)67)73-53-43-39-35-31-27-23-19-15-11-7-3/h45-50,67-70H,5-44,51-54H2,1-4H3. The zero-order valence-electron chi connectivity index (χ0n) is 48.3. The minimum Gasteiger partial charge on any atom is -0.508 e. The monoisotopic (exact) mass is 1020 g/mol. The topological polar surface area (TPSA) is 77.4 Å². The molecule has 3 aliphatic rings. The van der Waals surface area contributed by atoms with Crippen LogP contribution >= 0.6 is 0 Å². The quantitative estimate of drug-likeness (QED) is 0.0299. The first-order valence-electron chi connectivity index (χ1n) is 32.0. The molecule has 0 fully saturated rings. The Morgan fingerprint density at radius 2 is 0.419 bits per heavy atom. The van der Waals surface area contributed by atoms with Gasteiger partial charge in [0.1, 0.15) is 34.5 Å². The Hall–Kier alpha value is -3.54. The van der Waals surface area contributed by atoms with E-state index in [0.29, 0.717) is 26.4 Å². The van der Waals surface area contributed by atoms with Crippen LogP contribution in [0.25, 0.3) is 0 Å². The van der Waals surface area contributed by atoms with E-state index in [9.17, 15) is 10.2 Å². The summed E-state index contributed by atoms with van der Waals surface area (Å²) in [6.45, 7) is 11.7. The van der Waals surface area contributed by atoms with Crippen LogP contribution in [-0.2, 0) is 0 Å². The lowest BCUT2D eigenvalue weighted by atomic mass is 9.59. The van der Waals surface area contributed by atoms with E-state index in [2.05, 4.69) is 52.0 Å². The number of phenols is 2. The molecule has 6 rings (SSSR count). The molecule has 2 N–H and O–H groups in total. The number of unbranched alkanes of at least 4 members (excludes halogenated alkanes) is 36. The van der Waals surface area contributed by atoms with Gasteiger partial charge >= 0.3 is 0 Å². The highest BCUT2D eigenvalue weighted by atomic mass is 16.5. The predicted molar refractivity (Wildman–Crippen MR) is 314 cm³/mol. The van der Waals surface area contributed by atoms with Gasteiger partial charge in [-0.05, 0) is 62.1 Å². The van der Waals surface area contributed by atoms with Gasteiger partial charge in [-0.15, -0.1) is 0 Å². The first-order chi connectivity index (χ1) is 36.6. The second-order valence-electron chi connectivity index (χ2n) is 22.7. The predicted octanol–water partition coefficient (Wildman–Crippen LogP) is 21.3. The highest BCUT2D eigenvalue weighted by molar-refractivity contribution is 5.80. The van der Waals surface area contributed by atoms with Crippen molar-refractivity contribution in [3.8, 4) is 34.5 Å². The third kappa shape index (κ3) is 20.4. The fourth-order valence-electron chi connectivity index (χ4n) is 12.1. The summed E-state index contributed by atoms with van der Waals surface area (Å²) in [5.41, 5.74) is 5.67. The molecule has 6 nitrogen and oxygen atoms in total. The summed E-state index contributed by atoms with van der Waals surface area (Å²) in [5, 5.41) is 24.0. The van der Waals surface area contributed by atoms with Crippen LogP contribution in [0.2, 0.25) is 0 Å². The molecular weight excluding hydrogens is 913 g/mol. The van der Waals surface area contributed by atoms with Crippen LogP contribution in [0.3, 0.4) is 0 Å². The third-order valence-electron chi connectivity index (χ3n) is 16.4. The van der Waals surface area contributed by atoms with Crippen molar-refractivity contribution in [2.24, 2.45) is 0 Å². The minimum atomic E-state index is -0.431. The molecule has 6 heteroatoms. The smallest absolute Gasteiger partial charge is 0.124 e. The summed E-state index contributed by atoms with van der Waals surface area (Å²) in [6, 6.07) is 11.8. The van der Waals surface area contributed by atoms with Crippen LogP contribution in [0.15, 0.2) is 36.4 Å². The number of hydrogen-bond acceptors (Lipinski definition) is 6. The number of phenolic OH excluding ortho intramolecular Hbond substituents is 2. The van der Waals surface area contributed by atoms with Crippen molar-refractivity contribution in [3.05, 3.63) is 69.8 Å². The number of hydrogen-bond donors (Lipinski definition) is 2. The van der Waals surface area contributed by atoms with Crippen molar-refractivity contribution in [2.45, 2.75) is 296 Å². The van der Waals surface area contributed by atoms with Gasteiger partial charge in [0.25, 0.3) is 0 Å². The van der Waals surface area contributed by atoms with Crippen LogP contribution in [-0.4, -0.2) is 36.6 Å². The van der Waals surface area contributed by atoms with E-state index >= 15 is 0 Å². The van der Waals surface area contributed by atoms with Crippen LogP contribution in [0.1, 0.15) is 330 Å². The Morgan fingerprint density at radius 1 is 0.243 bits per heavy atom. The SMILES string of the molecule is CCCCCCCCCCCCOc1ccc(OCCCCCCCCCCCC)c2c1C1c3c(O)ccc(O)c3C2c2c(OCCCCCCCCCCCC)ccc(OCCCCCCCCCCCC)c21. The molecule has 2 bridgehead atoms. The molecule has 0 radical (unpaired) electrons. The van der Waals surface area contributed by atoms with Crippen molar-refractivity contribution in [2.75, 3.05) is 26.4 Å². The second-order valence-corrected chi connectivity index (χ2v) is 22.7. The number of benzene rings is 3. The molecule has 0 aliphatic heterocycles. The van der Waals surface area contributed by atoms with Crippen molar-refractivity contribution < 1.29 is 29.2 Å². The van der Waals surface area contributed by atoms with Gasteiger partial charge < -0.3 is 29.2 Å². The van der Waals surface area contributed by atoms with E-state index in [-0.39, 0.29) is 11.5 Å². The molecule has 3 aromatic rings. The van der Waals surface area contributed by atoms with Crippen molar-refractivity contribution in [1.29, 1.82) is 0 Å². The first kappa shape index (κ1) is 61.3. The lowest BCUT2D eigenvalue weighted by molar-refractivity contribution is 0.280. The van der Waals surface area contributed by atoms with Gasteiger partial charge in [-0.1, -0.05) is 259 Å². The van der Waals surface area contributed by atoms with Gasteiger partial charge in [0, 0.05) is 45.2 Å². The summed E-state index contributed by atoms with van der Waals surface area (Å²) >= 11 is 0. The maximum Gasteiger partial charge on any atom is 0.124 e. The summed E-state index contributed by atoms with van der Waals surface area (Å²) in [5.74, 6) is 2.89. The molecular formula is C68H110O6. The zero-order valence-corrected chi connectivity index (χ0v) is 48.3. The summed E-state index contributed by atoms with van der Waals surface area (Å²) in [7, 11) is 0. The molecule has 0 atom stereocenters. The summed E-state index contributed by atoms with van der Waals surface area (Å²) in [6.07, 6.45) is 50.9. The van der Waals surface area contributed by atoms with Gasteiger partial charge in [0.2, 0.25) is 0 Å². The van der Waals surface area contributed by atoms with Crippen molar-refractivity contribution in [1.82, 2.24) is 0 Å². The van der Waals surface area contributed by atoms with Crippen molar-refractivity contribution >= 4 is 0 Å². The van der Waals surface area contributed by atoms with E-state index in [0.717, 1.165) is 108 Å². The van der Waals surface area contributed by atoms with Crippen molar-refractivity contribution in [3.63, 3.8) is 0 Å². The molecule has 3 aliphatic carbocycles. The first-order valence-corrected chi connectivity index (χ1v) is 32.0. The van der Waals surface area contributed by atoms with E-state index in [1.165, 1.54) is 205 Å². The lowest BCUT2D eigenvalue weighted by Gasteiger charge is -2.44. The number of aromatic hydroxyl groups is 2. The Bertz CT molecular complexity index is 1680. The van der Waals surface area contributed by atoms with Gasteiger partial charge in [-0.3, -0.25) is 0 Å². The second kappa shape index (κ2) is 38.1. The largest absolute Gasteiger partial charge is 0.508 e. The van der Waals surface area contributed by atoms with Crippen LogP contribution in [0, 0.1) is 0 Å². The van der Waals surface area contributed by atoms with E-state index in [4.69, 9.17) is 18.9 Å². The fraction of sp³-hybridized carbons (Fsp3) is 0.735. The Kier molecular flexibility index (Phi) is 31.6. The van der Waals surface area contributed by atoms with Crippen LogP contribution in [0.5, 0.6) is 34.5 Å². The summed E-state index contributed by atoms with van der Waals surface area (Å²) < 4.78 is 27.6. The summed E-state index contributed by atoms with van der Waals surface area (Å²) in [4.78, 5) is 0. The highest BCUT2D eigenvalue weighted by Crippen LogP contribution is 2.66. The Balaban J connectivity index is 1.39. The normalized spacial score (nSPS) is 14.3. The van der Waals surface area contributed by atoms with E-state index in [1.807, 2.05) is 0 Å². The maximum absolute atomic E-state index is 12.0. The molecule has 0 spiro atoms. The molecule has 0 amide bonds. The average Bonchev–Trinajstić information content (AvgIpc) is 3.48. The molecule has 0 saturated carbocycles. The Labute approximate surface area is 454 Å². The molecule has 418 valence electrons. The maximum atomic E-state index is 12.0.